The number of thioether (sulfide) groups is 1. The van der Waals surface area contributed by atoms with Crippen LogP contribution in [0.25, 0.3) is 0 Å². The fourth-order valence-corrected chi connectivity index (χ4v) is 3.91. The Kier molecular flexibility index (Phi) is 15.9. The van der Waals surface area contributed by atoms with Crippen molar-refractivity contribution in [1.82, 2.24) is 0 Å². The molecule has 3 N–H and O–H groups in total. The third-order valence-corrected chi connectivity index (χ3v) is 6.65. The molecule has 0 aromatic heterocycles. The van der Waals surface area contributed by atoms with Gasteiger partial charge in [-0.05, 0) is 5.75 Å². The first-order chi connectivity index (χ1) is 20.5. The van der Waals surface area contributed by atoms with Crippen LogP contribution in [0.15, 0.2) is 12.7 Å². The van der Waals surface area contributed by atoms with Crippen molar-refractivity contribution in [2.75, 3.05) is 51.1 Å². The van der Waals surface area contributed by atoms with Crippen molar-refractivity contribution in [2.45, 2.75) is 72.4 Å². The summed E-state index contributed by atoms with van der Waals surface area (Å²) < 4.78 is 243. The number of aliphatic hydroxyl groups excluding tert-OH is 3. The highest BCUT2D eigenvalue weighted by atomic mass is 32.2. The molecule has 3 unspecified atom stereocenters. The van der Waals surface area contributed by atoms with Gasteiger partial charge in [-0.1, -0.05) is 6.08 Å². The van der Waals surface area contributed by atoms with Crippen molar-refractivity contribution in [3.05, 3.63) is 12.7 Å². The Morgan fingerprint density at radius 1 is 0.609 bits per heavy atom. The molecule has 46 heavy (non-hydrogen) atoms. The fraction of sp³-hybridized carbons (Fsp3) is 0.909. The number of hydrogen-bond donors (Lipinski definition) is 3. The van der Waals surface area contributed by atoms with Gasteiger partial charge in [-0.2, -0.15) is 86.4 Å². The second-order valence-electron chi connectivity index (χ2n) is 9.28. The molecule has 24 heteroatoms. The second-order valence-corrected chi connectivity index (χ2v) is 10.4. The van der Waals surface area contributed by atoms with Gasteiger partial charge in [0, 0.05) is 12.2 Å². The van der Waals surface area contributed by atoms with E-state index in [1.54, 1.807) is 0 Å². The van der Waals surface area contributed by atoms with Crippen LogP contribution in [0.4, 0.5) is 74.6 Å². The molecule has 0 fully saturated rings. The maximum atomic E-state index is 14.1. The van der Waals surface area contributed by atoms with Crippen LogP contribution in [-0.2, 0) is 14.2 Å². The summed E-state index contributed by atoms with van der Waals surface area (Å²) in [6.45, 7) is 0.473. The summed E-state index contributed by atoms with van der Waals surface area (Å²) >= 11 is 0.0950. The number of ether oxygens (including phenoxy) is 3. The molecule has 3 atom stereocenters. The molecule has 0 spiro atoms. The maximum Gasteiger partial charge on any atom is 0.460 e. The molecule has 0 aromatic carbocycles. The molecular formula is C22H27F17O6S. The summed E-state index contributed by atoms with van der Waals surface area (Å²) in [6.07, 6.45) is -13.2. The summed E-state index contributed by atoms with van der Waals surface area (Å²) in [5, 5.41) is 27.8. The van der Waals surface area contributed by atoms with Crippen molar-refractivity contribution < 1.29 is 104 Å². The van der Waals surface area contributed by atoms with Gasteiger partial charge < -0.3 is 29.5 Å². The molecule has 0 bridgehead atoms. The Morgan fingerprint density at radius 2 is 1.07 bits per heavy atom. The van der Waals surface area contributed by atoms with E-state index in [0.717, 1.165) is 0 Å². The van der Waals surface area contributed by atoms with E-state index in [0.29, 0.717) is 0 Å². The molecule has 0 aliphatic heterocycles. The van der Waals surface area contributed by atoms with Crippen LogP contribution in [0.3, 0.4) is 0 Å². The number of rotatable bonds is 23. The van der Waals surface area contributed by atoms with Crippen LogP contribution in [0.2, 0.25) is 0 Å². The molecule has 0 aliphatic rings. The van der Waals surface area contributed by atoms with Crippen molar-refractivity contribution >= 4 is 11.8 Å². The van der Waals surface area contributed by atoms with Gasteiger partial charge in [-0.25, -0.2) is 0 Å². The quantitative estimate of drug-likeness (QED) is 0.0731. The lowest BCUT2D eigenvalue weighted by Crippen LogP contribution is -2.74. The van der Waals surface area contributed by atoms with Gasteiger partial charge in [0.05, 0.1) is 45.7 Å². The van der Waals surface area contributed by atoms with Crippen molar-refractivity contribution in [2.24, 2.45) is 0 Å². The van der Waals surface area contributed by atoms with Crippen LogP contribution in [0, 0.1) is 0 Å². The number of halogens is 17. The van der Waals surface area contributed by atoms with Gasteiger partial charge in [-0.15, -0.1) is 6.58 Å². The average Bonchev–Trinajstić information content (AvgIpc) is 2.92. The van der Waals surface area contributed by atoms with Crippen molar-refractivity contribution in [3.63, 3.8) is 0 Å². The molecule has 0 rings (SSSR count). The van der Waals surface area contributed by atoms with E-state index in [1.165, 1.54) is 6.08 Å². The predicted octanol–water partition coefficient (Wildman–Crippen LogP) is 5.44. The molecular weight excluding hydrogens is 715 g/mol. The topological polar surface area (TPSA) is 88.4 Å². The summed E-state index contributed by atoms with van der Waals surface area (Å²) in [6, 6.07) is 0. The van der Waals surface area contributed by atoms with Crippen LogP contribution in [0.1, 0.15) is 6.42 Å². The summed E-state index contributed by atoms with van der Waals surface area (Å²) in [5.74, 6) is -58.8. The van der Waals surface area contributed by atoms with Gasteiger partial charge >= 0.3 is 47.6 Å². The largest absolute Gasteiger partial charge is 0.460 e. The smallest absolute Gasteiger partial charge is 0.394 e. The average molecular weight is 742 g/mol. The molecule has 0 radical (unpaired) electrons. The van der Waals surface area contributed by atoms with Crippen LogP contribution < -0.4 is 0 Å². The summed E-state index contributed by atoms with van der Waals surface area (Å²) in [7, 11) is 0. The summed E-state index contributed by atoms with van der Waals surface area (Å²) in [4.78, 5) is 0. The van der Waals surface area contributed by atoms with Gasteiger partial charge in [0.2, 0.25) is 0 Å². The van der Waals surface area contributed by atoms with Gasteiger partial charge in [-0.3, -0.25) is 0 Å². The second kappa shape index (κ2) is 16.4. The zero-order valence-corrected chi connectivity index (χ0v) is 23.6. The van der Waals surface area contributed by atoms with Crippen molar-refractivity contribution in [1.29, 1.82) is 0 Å². The molecule has 0 saturated carbocycles. The molecule has 6 nitrogen and oxygen atoms in total. The van der Waals surface area contributed by atoms with Gasteiger partial charge in [0.25, 0.3) is 0 Å². The number of alkyl halides is 17. The van der Waals surface area contributed by atoms with E-state index in [2.05, 4.69) is 6.58 Å². The molecule has 0 heterocycles. The monoisotopic (exact) mass is 742 g/mol. The van der Waals surface area contributed by atoms with Crippen LogP contribution in [0.5, 0.6) is 0 Å². The third-order valence-electron chi connectivity index (χ3n) is 5.55. The van der Waals surface area contributed by atoms with Gasteiger partial charge in [0.1, 0.15) is 12.2 Å². The highest BCUT2D eigenvalue weighted by molar-refractivity contribution is 7.99. The van der Waals surface area contributed by atoms with E-state index in [4.69, 9.17) is 19.3 Å². The van der Waals surface area contributed by atoms with Crippen LogP contribution >= 0.6 is 11.8 Å². The van der Waals surface area contributed by atoms with E-state index >= 15 is 0 Å². The first-order valence-corrected chi connectivity index (χ1v) is 13.3. The van der Waals surface area contributed by atoms with Crippen LogP contribution in [-0.4, -0.2) is 132 Å². The standard InChI is InChI=1S/C22H27F17O6S/c1-2-4-43-8-13(42)9-45-14(10-44-7-12(41)6-40)11-46-5-3-15(23,24)16(25,26)17(27,28)18(29,30)19(31,32)20(33,34)21(35,36)22(37,38)39/h2,12-14,40-42H,1,3-11H2. The highest BCUT2D eigenvalue weighted by Crippen LogP contribution is 2.64. The van der Waals surface area contributed by atoms with Crippen molar-refractivity contribution in [3.8, 4) is 0 Å². The zero-order chi connectivity index (χ0) is 36.6. The molecule has 276 valence electrons. The lowest BCUT2D eigenvalue weighted by atomic mass is 9.88. The van der Waals surface area contributed by atoms with E-state index in [-0.39, 0.29) is 25.0 Å². The number of aliphatic hydroxyl groups is 3. The maximum absolute atomic E-state index is 14.1. The first-order valence-electron chi connectivity index (χ1n) is 12.2. The summed E-state index contributed by atoms with van der Waals surface area (Å²) in [5.41, 5.74) is 0. The van der Waals surface area contributed by atoms with E-state index < -0.39 is 110 Å². The van der Waals surface area contributed by atoms with Gasteiger partial charge in [0.15, 0.2) is 0 Å². The molecule has 0 aromatic rings. The zero-order valence-electron chi connectivity index (χ0n) is 22.8. The predicted molar refractivity (Wildman–Crippen MR) is 123 cm³/mol. The Morgan fingerprint density at radius 3 is 1.52 bits per heavy atom. The molecule has 0 amide bonds. The van der Waals surface area contributed by atoms with E-state index in [1.807, 2.05) is 0 Å². The third kappa shape index (κ3) is 9.64. The minimum absolute atomic E-state index is 0.0115. The minimum atomic E-state index is -8.69. The lowest BCUT2D eigenvalue weighted by Gasteiger charge is -2.42. The Bertz CT molecular complexity index is 935. The minimum Gasteiger partial charge on any atom is -0.394 e. The fourth-order valence-electron chi connectivity index (χ4n) is 2.88. The Labute approximate surface area is 252 Å². The molecule has 0 saturated heterocycles. The molecule has 0 aliphatic carbocycles. The number of hydrogen-bond acceptors (Lipinski definition) is 7. The SMILES string of the molecule is C=CCOCC(O)COC(COCC(O)CO)CSCCC(F)(F)C(F)(F)C(F)(F)C(F)(F)C(F)(F)C(F)(F)C(F)(F)C(F)(F)F. The first kappa shape index (κ1) is 44.7. The highest BCUT2D eigenvalue weighted by Gasteiger charge is 2.95. The normalized spacial score (nSPS) is 16.8. The Balaban J connectivity index is 5.80. The lowest BCUT2D eigenvalue weighted by molar-refractivity contribution is -0.461. The Hall–Kier alpha value is -1.34. The van der Waals surface area contributed by atoms with E-state index in [9.17, 15) is 84.9 Å².